The first kappa shape index (κ1) is 16.0. The third kappa shape index (κ3) is 4.09. The summed E-state index contributed by atoms with van der Waals surface area (Å²) in [6.07, 6.45) is 0.203. The van der Waals surface area contributed by atoms with E-state index in [0.29, 0.717) is 13.2 Å². The summed E-state index contributed by atoms with van der Waals surface area (Å²) in [5, 5.41) is 5.52. The Morgan fingerprint density at radius 1 is 1.30 bits per heavy atom. The fourth-order valence-corrected chi connectivity index (χ4v) is 3.08. The molecule has 1 N–H and O–H groups in total. The lowest BCUT2D eigenvalue weighted by atomic mass is 10.0. The minimum atomic E-state index is 0.00516. The molecular formula is C19H24N2O2. The molecule has 1 fully saturated rings. The smallest absolute Gasteiger partial charge is 0.234 e. The van der Waals surface area contributed by atoms with E-state index in [9.17, 15) is 4.79 Å². The number of nitrogens with zero attached hydrogens (tertiary/aromatic N) is 1. The van der Waals surface area contributed by atoms with Gasteiger partial charge in [0.05, 0.1) is 25.3 Å². The third-order valence-electron chi connectivity index (χ3n) is 4.34. The summed E-state index contributed by atoms with van der Waals surface area (Å²) in [4.78, 5) is 14.4. The molecule has 4 heteroatoms. The van der Waals surface area contributed by atoms with Crippen LogP contribution in [0.4, 0.5) is 0 Å². The molecule has 1 saturated heterocycles. The zero-order valence-corrected chi connectivity index (χ0v) is 13.8. The van der Waals surface area contributed by atoms with Gasteiger partial charge in [-0.05, 0) is 36.2 Å². The van der Waals surface area contributed by atoms with Gasteiger partial charge in [-0.15, -0.1) is 0 Å². The second-order valence-electron chi connectivity index (χ2n) is 6.31. The van der Waals surface area contributed by atoms with Gasteiger partial charge in [0.2, 0.25) is 5.91 Å². The summed E-state index contributed by atoms with van der Waals surface area (Å²) in [5.74, 6) is 0.0692. The van der Waals surface area contributed by atoms with E-state index in [1.807, 2.05) is 26.0 Å². The Balaban J connectivity index is 1.60. The summed E-state index contributed by atoms with van der Waals surface area (Å²) >= 11 is 0. The van der Waals surface area contributed by atoms with Crippen molar-refractivity contribution in [2.24, 2.45) is 0 Å². The maximum absolute atomic E-state index is 12.3. The van der Waals surface area contributed by atoms with E-state index in [0.717, 1.165) is 18.7 Å². The van der Waals surface area contributed by atoms with Crippen LogP contribution < -0.4 is 5.32 Å². The maximum atomic E-state index is 12.3. The van der Waals surface area contributed by atoms with Crippen LogP contribution in [0.5, 0.6) is 0 Å². The Labute approximate surface area is 137 Å². The van der Waals surface area contributed by atoms with Gasteiger partial charge in [-0.2, -0.15) is 0 Å². The molecule has 0 spiro atoms. The molecule has 122 valence electrons. The third-order valence-corrected chi connectivity index (χ3v) is 4.34. The van der Waals surface area contributed by atoms with Gasteiger partial charge in [-0.3, -0.25) is 9.69 Å². The summed E-state index contributed by atoms with van der Waals surface area (Å²) < 4.78 is 5.51. The second-order valence-corrected chi connectivity index (χ2v) is 6.31. The summed E-state index contributed by atoms with van der Waals surface area (Å²) in [5.41, 5.74) is 1.13. The fraction of sp³-hybridized carbons (Fsp3) is 0.421. The minimum absolute atomic E-state index is 0.00516. The molecule has 1 heterocycles. The van der Waals surface area contributed by atoms with Crippen molar-refractivity contribution < 1.29 is 9.53 Å². The standard InChI is InChI=1S/C19H24N2O2/c1-14-12-21(9-10-23-14)13-19(22)20-15(2)17-8-7-16-5-3-4-6-18(16)11-17/h3-8,11,14-15H,9-10,12-13H2,1-2H3,(H,20,22)/t14-,15-/m1/s1. The predicted molar refractivity (Wildman–Crippen MR) is 92.4 cm³/mol. The van der Waals surface area contributed by atoms with E-state index in [1.165, 1.54) is 10.8 Å². The van der Waals surface area contributed by atoms with Crippen LogP contribution in [0.3, 0.4) is 0 Å². The van der Waals surface area contributed by atoms with E-state index in [1.54, 1.807) is 0 Å². The Kier molecular flexibility index (Phi) is 4.94. The van der Waals surface area contributed by atoms with Crippen molar-refractivity contribution in [2.75, 3.05) is 26.2 Å². The van der Waals surface area contributed by atoms with Crippen molar-refractivity contribution in [1.29, 1.82) is 0 Å². The molecule has 2 atom stereocenters. The molecule has 1 amide bonds. The largest absolute Gasteiger partial charge is 0.376 e. The van der Waals surface area contributed by atoms with Crippen LogP contribution in [-0.2, 0) is 9.53 Å². The molecular weight excluding hydrogens is 288 g/mol. The molecule has 0 bridgehead atoms. The number of amides is 1. The molecule has 0 aromatic heterocycles. The summed E-state index contributed by atoms with van der Waals surface area (Å²) in [7, 11) is 0. The van der Waals surface area contributed by atoms with Crippen LogP contribution in [0.1, 0.15) is 25.5 Å². The number of hydrogen-bond acceptors (Lipinski definition) is 3. The predicted octanol–water partition coefficient (Wildman–Crippen LogP) is 2.74. The normalized spacial score (nSPS) is 20.3. The van der Waals surface area contributed by atoms with Gasteiger partial charge in [0, 0.05) is 13.1 Å². The van der Waals surface area contributed by atoms with Crippen LogP contribution in [0, 0.1) is 0 Å². The zero-order chi connectivity index (χ0) is 16.2. The van der Waals surface area contributed by atoms with Gasteiger partial charge in [-0.25, -0.2) is 0 Å². The van der Waals surface area contributed by atoms with Crippen LogP contribution in [0.2, 0.25) is 0 Å². The van der Waals surface area contributed by atoms with Crippen LogP contribution in [0.15, 0.2) is 42.5 Å². The molecule has 2 aromatic carbocycles. The molecule has 1 aliphatic heterocycles. The number of ether oxygens (including phenoxy) is 1. The number of rotatable bonds is 4. The highest BCUT2D eigenvalue weighted by Gasteiger charge is 2.19. The van der Waals surface area contributed by atoms with Gasteiger partial charge in [0.15, 0.2) is 0 Å². The molecule has 3 rings (SSSR count). The van der Waals surface area contributed by atoms with Gasteiger partial charge in [0.25, 0.3) is 0 Å². The van der Waals surface area contributed by atoms with Gasteiger partial charge in [-0.1, -0.05) is 36.4 Å². The molecule has 0 aliphatic carbocycles. The van der Waals surface area contributed by atoms with E-state index in [4.69, 9.17) is 4.74 Å². The van der Waals surface area contributed by atoms with Crippen LogP contribution in [-0.4, -0.2) is 43.2 Å². The summed E-state index contributed by atoms with van der Waals surface area (Å²) in [6, 6.07) is 14.6. The molecule has 0 unspecified atom stereocenters. The Bertz CT molecular complexity index is 686. The highest BCUT2D eigenvalue weighted by molar-refractivity contribution is 5.83. The lowest BCUT2D eigenvalue weighted by molar-refractivity contribution is -0.124. The molecule has 2 aromatic rings. The molecule has 23 heavy (non-hydrogen) atoms. The van der Waals surface area contributed by atoms with E-state index in [2.05, 4.69) is 40.5 Å². The highest BCUT2D eigenvalue weighted by Crippen LogP contribution is 2.20. The number of nitrogens with one attached hydrogen (secondary N) is 1. The van der Waals surface area contributed by atoms with Crippen molar-refractivity contribution in [3.8, 4) is 0 Å². The monoisotopic (exact) mass is 312 g/mol. The number of carbonyl (C=O) groups is 1. The Morgan fingerprint density at radius 2 is 2.09 bits per heavy atom. The molecule has 0 saturated carbocycles. The number of morpholine rings is 1. The van der Waals surface area contributed by atoms with Crippen molar-refractivity contribution in [2.45, 2.75) is 26.0 Å². The summed E-state index contributed by atoms with van der Waals surface area (Å²) in [6.45, 7) is 6.85. The number of benzene rings is 2. The van der Waals surface area contributed by atoms with Gasteiger partial charge in [0.1, 0.15) is 0 Å². The van der Waals surface area contributed by atoms with Gasteiger partial charge < -0.3 is 10.1 Å². The molecule has 4 nitrogen and oxygen atoms in total. The van der Waals surface area contributed by atoms with Crippen molar-refractivity contribution in [3.63, 3.8) is 0 Å². The first-order chi connectivity index (χ1) is 11.1. The SMILES string of the molecule is C[C@@H]1CN(CC(=O)N[C@H](C)c2ccc3ccccc3c2)CCO1. The van der Waals surface area contributed by atoms with Crippen LogP contribution >= 0.6 is 0 Å². The second kappa shape index (κ2) is 7.11. The Morgan fingerprint density at radius 3 is 2.87 bits per heavy atom. The average Bonchev–Trinajstić information content (AvgIpc) is 2.54. The average molecular weight is 312 g/mol. The van der Waals surface area contributed by atoms with E-state index < -0.39 is 0 Å². The minimum Gasteiger partial charge on any atom is -0.376 e. The fourth-order valence-electron chi connectivity index (χ4n) is 3.08. The quantitative estimate of drug-likeness (QED) is 0.944. The van der Waals surface area contributed by atoms with Crippen molar-refractivity contribution >= 4 is 16.7 Å². The molecule has 1 aliphatic rings. The number of carbonyl (C=O) groups excluding carboxylic acids is 1. The zero-order valence-electron chi connectivity index (χ0n) is 13.8. The van der Waals surface area contributed by atoms with Gasteiger partial charge >= 0.3 is 0 Å². The maximum Gasteiger partial charge on any atom is 0.234 e. The van der Waals surface area contributed by atoms with Crippen molar-refractivity contribution in [1.82, 2.24) is 10.2 Å². The highest BCUT2D eigenvalue weighted by atomic mass is 16.5. The lowest BCUT2D eigenvalue weighted by Gasteiger charge is -2.30. The first-order valence-electron chi connectivity index (χ1n) is 8.24. The van der Waals surface area contributed by atoms with Crippen molar-refractivity contribution in [3.05, 3.63) is 48.0 Å². The number of hydrogen-bond donors (Lipinski definition) is 1. The first-order valence-corrected chi connectivity index (χ1v) is 8.24. The lowest BCUT2D eigenvalue weighted by Crippen LogP contribution is -2.46. The van der Waals surface area contributed by atoms with Crippen LogP contribution in [0.25, 0.3) is 10.8 Å². The number of fused-ring (bicyclic) bond motifs is 1. The van der Waals surface area contributed by atoms with E-state index in [-0.39, 0.29) is 18.1 Å². The Hall–Kier alpha value is -1.91. The molecule has 0 radical (unpaired) electrons. The topological polar surface area (TPSA) is 41.6 Å². The van der Waals surface area contributed by atoms with E-state index >= 15 is 0 Å².